The minimum absolute atomic E-state index is 0.0906. The van der Waals surface area contributed by atoms with Crippen molar-refractivity contribution in [3.05, 3.63) is 41.7 Å². The summed E-state index contributed by atoms with van der Waals surface area (Å²) in [5.74, 6) is 0.0906. The lowest BCUT2D eigenvalue weighted by Gasteiger charge is -2.21. The second-order valence-electron chi connectivity index (χ2n) is 5.55. The highest BCUT2D eigenvalue weighted by Crippen LogP contribution is 2.19. The lowest BCUT2D eigenvalue weighted by Crippen LogP contribution is -2.32. The number of benzene rings is 1. The number of rotatable bonds is 2. The highest BCUT2D eigenvalue weighted by molar-refractivity contribution is 5.98. The standard InChI is InChI=1S/C16H20N4O/c1-13-6-7-15(20-17-8-9-18-20)14(12-13)16(21)19-10-4-2-3-5-11-19/h6-9,12H,2-5,10-11H2,1H3. The molecule has 1 aromatic heterocycles. The number of aromatic nitrogens is 3. The van der Waals surface area contributed by atoms with Gasteiger partial charge in [-0.1, -0.05) is 24.5 Å². The molecule has 0 radical (unpaired) electrons. The lowest BCUT2D eigenvalue weighted by atomic mass is 10.1. The Kier molecular flexibility index (Phi) is 3.99. The molecule has 1 aliphatic rings. The largest absolute Gasteiger partial charge is 0.339 e. The van der Waals surface area contributed by atoms with Gasteiger partial charge in [0.1, 0.15) is 0 Å². The predicted molar refractivity (Wildman–Crippen MR) is 80.5 cm³/mol. The molecule has 0 aliphatic carbocycles. The van der Waals surface area contributed by atoms with E-state index in [0.29, 0.717) is 5.56 Å². The van der Waals surface area contributed by atoms with Crippen molar-refractivity contribution in [2.75, 3.05) is 13.1 Å². The Hall–Kier alpha value is -2.17. The van der Waals surface area contributed by atoms with Gasteiger partial charge in [-0.05, 0) is 31.9 Å². The van der Waals surface area contributed by atoms with Crippen LogP contribution in [-0.2, 0) is 0 Å². The van der Waals surface area contributed by atoms with Crippen LogP contribution in [0.2, 0.25) is 0 Å². The van der Waals surface area contributed by atoms with Crippen LogP contribution < -0.4 is 0 Å². The number of aryl methyl sites for hydroxylation is 1. The molecule has 0 unspecified atom stereocenters. The van der Waals surface area contributed by atoms with Gasteiger partial charge in [0.2, 0.25) is 0 Å². The van der Waals surface area contributed by atoms with Gasteiger partial charge in [-0.3, -0.25) is 4.79 Å². The zero-order valence-electron chi connectivity index (χ0n) is 12.3. The fraction of sp³-hybridized carbons (Fsp3) is 0.438. The molecule has 1 fully saturated rings. The molecule has 0 bridgehead atoms. The van der Waals surface area contributed by atoms with Crippen LogP contribution in [0.15, 0.2) is 30.6 Å². The van der Waals surface area contributed by atoms with Gasteiger partial charge >= 0.3 is 0 Å². The number of hydrogen-bond donors (Lipinski definition) is 0. The van der Waals surface area contributed by atoms with Crippen LogP contribution in [0.4, 0.5) is 0 Å². The van der Waals surface area contributed by atoms with E-state index in [0.717, 1.165) is 37.2 Å². The molecule has 3 rings (SSSR count). The van der Waals surface area contributed by atoms with Crippen LogP contribution in [0, 0.1) is 6.92 Å². The molecule has 110 valence electrons. The second kappa shape index (κ2) is 6.08. The average Bonchev–Trinajstić information content (AvgIpc) is 2.88. The van der Waals surface area contributed by atoms with Crippen LogP contribution in [-0.4, -0.2) is 38.9 Å². The van der Waals surface area contributed by atoms with Crippen LogP contribution >= 0.6 is 0 Å². The maximum Gasteiger partial charge on any atom is 0.256 e. The Balaban J connectivity index is 1.96. The number of carbonyl (C=O) groups is 1. The second-order valence-corrected chi connectivity index (χ2v) is 5.55. The third-order valence-corrected chi connectivity index (χ3v) is 3.91. The van der Waals surface area contributed by atoms with E-state index in [1.807, 2.05) is 30.0 Å². The highest BCUT2D eigenvalue weighted by atomic mass is 16.2. The molecule has 0 atom stereocenters. The van der Waals surface area contributed by atoms with E-state index in [-0.39, 0.29) is 5.91 Å². The first-order valence-electron chi connectivity index (χ1n) is 7.52. The number of amides is 1. The lowest BCUT2D eigenvalue weighted by molar-refractivity contribution is 0.0761. The van der Waals surface area contributed by atoms with Crippen molar-refractivity contribution in [1.29, 1.82) is 0 Å². The van der Waals surface area contributed by atoms with Gasteiger partial charge in [-0.2, -0.15) is 15.0 Å². The Bertz CT molecular complexity index is 613. The smallest absolute Gasteiger partial charge is 0.256 e. The molecule has 2 heterocycles. The Labute approximate surface area is 124 Å². The van der Waals surface area contributed by atoms with Crippen molar-refractivity contribution < 1.29 is 4.79 Å². The van der Waals surface area contributed by atoms with E-state index in [2.05, 4.69) is 10.2 Å². The molecule has 1 saturated heterocycles. The third kappa shape index (κ3) is 2.96. The summed E-state index contributed by atoms with van der Waals surface area (Å²) in [7, 11) is 0. The Morgan fingerprint density at radius 2 is 1.71 bits per heavy atom. The number of nitrogens with zero attached hydrogens (tertiary/aromatic N) is 4. The summed E-state index contributed by atoms with van der Waals surface area (Å²) in [5.41, 5.74) is 2.51. The molecule has 5 nitrogen and oxygen atoms in total. The van der Waals surface area contributed by atoms with E-state index in [1.54, 1.807) is 12.4 Å². The zero-order valence-corrected chi connectivity index (χ0v) is 12.3. The minimum Gasteiger partial charge on any atom is -0.339 e. The van der Waals surface area contributed by atoms with Crippen molar-refractivity contribution in [2.45, 2.75) is 32.6 Å². The van der Waals surface area contributed by atoms with Gasteiger partial charge < -0.3 is 4.90 Å². The normalized spacial score (nSPS) is 15.8. The molecule has 2 aromatic rings. The van der Waals surface area contributed by atoms with Gasteiger partial charge in [-0.25, -0.2) is 0 Å². The zero-order chi connectivity index (χ0) is 14.7. The van der Waals surface area contributed by atoms with Crippen molar-refractivity contribution in [1.82, 2.24) is 19.9 Å². The van der Waals surface area contributed by atoms with Crippen LogP contribution in [0.1, 0.15) is 41.6 Å². The predicted octanol–water partition coefficient (Wildman–Crippen LogP) is 2.59. The molecule has 0 N–H and O–H groups in total. The summed E-state index contributed by atoms with van der Waals surface area (Å²) < 4.78 is 0. The Morgan fingerprint density at radius 3 is 2.38 bits per heavy atom. The van der Waals surface area contributed by atoms with E-state index in [9.17, 15) is 4.79 Å². The maximum absolute atomic E-state index is 12.9. The van der Waals surface area contributed by atoms with Crippen LogP contribution in [0.3, 0.4) is 0 Å². The van der Waals surface area contributed by atoms with E-state index < -0.39 is 0 Å². The van der Waals surface area contributed by atoms with Crippen molar-refractivity contribution in [3.8, 4) is 5.69 Å². The molecule has 1 aliphatic heterocycles. The van der Waals surface area contributed by atoms with E-state index >= 15 is 0 Å². The van der Waals surface area contributed by atoms with Crippen LogP contribution in [0.5, 0.6) is 0 Å². The monoisotopic (exact) mass is 284 g/mol. The molecule has 0 saturated carbocycles. The number of likely N-dealkylation sites (tertiary alicyclic amines) is 1. The summed E-state index contributed by atoms with van der Waals surface area (Å²) in [5, 5.41) is 8.32. The minimum atomic E-state index is 0.0906. The van der Waals surface area contributed by atoms with Gasteiger partial charge in [0.05, 0.1) is 23.6 Å². The molecule has 1 aromatic carbocycles. The summed E-state index contributed by atoms with van der Waals surface area (Å²) in [4.78, 5) is 16.4. The topological polar surface area (TPSA) is 51.0 Å². The van der Waals surface area contributed by atoms with Gasteiger partial charge in [0.25, 0.3) is 5.91 Å². The first kappa shape index (κ1) is 13.8. The molecule has 21 heavy (non-hydrogen) atoms. The summed E-state index contributed by atoms with van der Waals surface area (Å²) >= 11 is 0. The summed E-state index contributed by atoms with van der Waals surface area (Å²) in [6, 6.07) is 5.84. The molecule has 0 spiro atoms. The maximum atomic E-state index is 12.9. The molecule has 5 heteroatoms. The van der Waals surface area contributed by atoms with Crippen molar-refractivity contribution >= 4 is 5.91 Å². The SMILES string of the molecule is Cc1ccc(-n2nccn2)c(C(=O)N2CCCCCC2)c1. The van der Waals surface area contributed by atoms with E-state index in [4.69, 9.17) is 0 Å². The van der Waals surface area contributed by atoms with Gasteiger partial charge in [-0.15, -0.1) is 0 Å². The number of hydrogen-bond acceptors (Lipinski definition) is 3. The van der Waals surface area contributed by atoms with Crippen molar-refractivity contribution in [2.24, 2.45) is 0 Å². The van der Waals surface area contributed by atoms with Gasteiger partial charge in [0, 0.05) is 13.1 Å². The summed E-state index contributed by atoms with van der Waals surface area (Å²) in [6.45, 7) is 3.69. The van der Waals surface area contributed by atoms with E-state index in [1.165, 1.54) is 17.6 Å². The first-order valence-corrected chi connectivity index (χ1v) is 7.52. The van der Waals surface area contributed by atoms with Crippen molar-refractivity contribution in [3.63, 3.8) is 0 Å². The Morgan fingerprint density at radius 1 is 1.05 bits per heavy atom. The molecular weight excluding hydrogens is 264 g/mol. The summed E-state index contributed by atoms with van der Waals surface area (Å²) in [6.07, 6.45) is 7.86. The highest BCUT2D eigenvalue weighted by Gasteiger charge is 2.21. The molecule has 1 amide bonds. The first-order chi connectivity index (χ1) is 10.3. The van der Waals surface area contributed by atoms with Crippen LogP contribution in [0.25, 0.3) is 5.69 Å². The average molecular weight is 284 g/mol. The number of carbonyl (C=O) groups excluding carboxylic acids is 1. The van der Waals surface area contributed by atoms with Gasteiger partial charge in [0.15, 0.2) is 0 Å². The quantitative estimate of drug-likeness (QED) is 0.851. The fourth-order valence-corrected chi connectivity index (χ4v) is 2.78. The fourth-order valence-electron chi connectivity index (χ4n) is 2.78. The third-order valence-electron chi connectivity index (χ3n) is 3.91. The molecular formula is C16H20N4O.